The summed E-state index contributed by atoms with van der Waals surface area (Å²) in [4.78, 5) is 26.3. The van der Waals surface area contributed by atoms with Crippen molar-refractivity contribution >= 4 is 21.6 Å². The molecule has 4 rings (SSSR count). The van der Waals surface area contributed by atoms with E-state index in [1.165, 1.54) is 19.2 Å². The number of fused-ring (bicyclic) bond motifs is 1. The maximum Gasteiger partial charge on any atom is 0.244 e. The SMILES string of the molecule is COc1ccccc1-c1cccc(C(=O)C2C(=O)c3ccccc3S(=O)(=O)N2C)c1. The molecular weight excluding hydrogens is 402 g/mol. The van der Waals surface area contributed by atoms with E-state index < -0.39 is 27.6 Å². The van der Waals surface area contributed by atoms with Gasteiger partial charge in [-0.05, 0) is 29.8 Å². The lowest BCUT2D eigenvalue weighted by atomic mass is 9.94. The van der Waals surface area contributed by atoms with E-state index in [4.69, 9.17) is 4.74 Å². The van der Waals surface area contributed by atoms with Crippen LogP contribution >= 0.6 is 0 Å². The summed E-state index contributed by atoms with van der Waals surface area (Å²) in [7, 11) is -1.14. The molecule has 1 aliphatic heterocycles. The number of likely N-dealkylation sites (N-methyl/N-ethyl adjacent to an activating group) is 1. The van der Waals surface area contributed by atoms with Crippen LogP contribution in [0.3, 0.4) is 0 Å². The van der Waals surface area contributed by atoms with Crippen molar-refractivity contribution in [1.82, 2.24) is 4.31 Å². The molecule has 1 aliphatic rings. The van der Waals surface area contributed by atoms with Gasteiger partial charge in [-0.2, -0.15) is 4.31 Å². The summed E-state index contributed by atoms with van der Waals surface area (Å²) in [6.45, 7) is 0. The summed E-state index contributed by atoms with van der Waals surface area (Å²) in [6, 6.07) is 18.6. The van der Waals surface area contributed by atoms with Gasteiger partial charge in [0.25, 0.3) is 0 Å². The normalized spacial score (nSPS) is 17.9. The Balaban J connectivity index is 1.78. The van der Waals surface area contributed by atoms with Crippen LogP contribution in [0.15, 0.2) is 77.7 Å². The zero-order valence-electron chi connectivity index (χ0n) is 16.4. The Morgan fingerprint density at radius 2 is 1.60 bits per heavy atom. The summed E-state index contributed by atoms with van der Waals surface area (Å²) in [5, 5.41) is 0. The zero-order valence-corrected chi connectivity index (χ0v) is 17.2. The molecule has 6 nitrogen and oxygen atoms in total. The Labute approximate surface area is 174 Å². The molecule has 0 bridgehead atoms. The van der Waals surface area contributed by atoms with Crippen molar-refractivity contribution in [2.24, 2.45) is 0 Å². The van der Waals surface area contributed by atoms with Crippen molar-refractivity contribution in [3.63, 3.8) is 0 Å². The number of carbonyl (C=O) groups excluding carboxylic acids is 2. The highest BCUT2D eigenvalue weighted by Gasteiger charge is 2.45. The summed E-state index contributed by atoms with van der Waals surface area (Å²) < 4.78 is 32.0. The van der Waals surface area contributed by atoms with Gasteiger partial charge >= 0.3 is 0 Å². The van der Waals surface area contributed by atoms with Gasteiger partial charge in [0, 0.05) is 23.7 Å². The van der Waals surface area contributed by atoms with E-state index in [9.17, 15) is 18.0 Å². The average Bonchev–Trinajstić information content (AvgIpc) is 2.78. The fourth-order valence-electron chi connectivity index (χ4n) is 3.67. The maximum absolute atomic E-state index is 13.3. The smallest absolute Gasteiger partial charge is 0.244 e. The third-order valence-corrected chi connectivity index (χ3v) is 7.12. The molecule has 0 N–H and O–H groups in total. The van der Waals surface area contributed by atoms with Gasteiger partial charge in [0.05, 0.1) is 12.0 Å². The molecule has 1 unspecified atom stereocenters. The molecule has 0 fully saturated rings. The van der Waals surface area contributed by atoms with Gasteiger partial charge in [-0.15, -0.1) is 0 Å². The second-order valence-electron chi connectivity index (χ2n) is 6.93. The molecule has 0 saturated carbocycles. The minimum Gasteiger partial charge on any atom is -0.496 e. The number of ether oxygens (including phenoxy) is 1. The first-order chi connectivity index (χ1) is 14.4. The number of rotatable bonds is 4. The van der Waals surface area contributed by atoms with Crippen LogP contribution in [0.1, 0.15) is 20.7 Å². The summed E-state index contributed by atoms with van der Waals surface area (Å²) in [6.07, 6.45) is 0. The van der Waals surface area contributed by atoms with Crippen LogP contribution in [-0.2, 0) is 10.0 Å². The van der Waals surface area contributed by atoms with Crippen molar-refractivity contribution in [3.8, 4) is 16.9 Å². The number of sulfonamides is 1. The minimum absolute atomic E-state index is 0.0369. The number of ketones is 2. The Hall–Kier alpha value is -3.29. The van der Waals surface area contributed by atoms with E-state index in [0.29, 0.717) is 5.75 Å². The Kier molecular flexibility index (Phi) is 5.01. The van der Waals surface area contributed by atoms with Gasteiger partial charge in [0.2, 0.25) is 10.0 Å². The number of hydrogen-bond donors (Lipinski definition) is 0. The van der Waals surface area contributed by atoms with E-state index in [0.717, 1.165) is 15.4 Å². The first-order valence-electron chi connectivity index (χ1n) is 9.25. The largest absolute Gasteiger partial charge is 0.496 e. The van der Waals surface area contributed by atoms with Crippen LogP contribution in [0, 0.1) is 0 Å². The number of Topliss-reactive ketones (excluding diaryl/α,β-unsaturated/α-hetero) is 2. The third kappa shape index (κ3) is 3.12. The molecule has 0 spiro atoms. The minimum atomic E-state index is -3.96. The standard InChI is InChI=1S/C23H19NO5S/c1-24-21(23(26)18-11-4-6-13-20(18)30(24,27)28)22(25)16-9-7-8-15(14-16)17-10-3-5-12-19(17)29-2/h3-14,21H,1-2H3. The maximum atomic E-state index is 13.3. The van der Waals surface area contributed by atoms with Crippen molar-refractivity contribution in [2.75, 3.05) is 14.2 Å². The molecular formula is C23H19NO5S. The monoisotopic (exact) mass is 421 g/mol. The second kappa shape index (κ2) is 7.51. The predicted octanol–water partition coefficient (Wildman–Crippen LogP) is 3.43. The molecule has 0 aliphatic carbocycles. The average molecular weight is 421 g/mol. The number of carbonyl (C=O) groups is 2. The van der Waals surface area contributed by atoms with E-state index >= 15 is 0 Å². The molecule has 0 aromatic heterocycles. The lowest BCUT2D eigenvalue weighted by Gasteiger charge is -2.31. The molecule has 0 radical (unpaired) electrons. The first-order valence-corrected chi connectivity index (χ1v) is 10.7. The van der Waals surface area contributed by atoms with Gasteiger partial charge in [-0.25, -0.2) is 8.42 Å². The van der Waals surface area contributed by atoms with Crippen molar-refractivity contribution in [2.45, 2.75) is 10.9 Å². The highest BCUT2D eigenvalue weighted by Crippen LogP contribution is 2.33. The van der Waals surface area contributed by atoms with Crippen molar-refractivity contribution < 1.29 is 22.7 Å². The molecule has 1 heterocycles. The van der Waals surface area contributed by atoms with Gasteiger partial charge < -0.3 is 4.74 Å². The van der Waals surface area contributed by atoms with Gasteiger partial charge in [0.1, 0.15) is 5.75 Å². The fraction of sp³-hybridized carbons (Fsp3) is 0.130. The van der Waals surface area contributed by atoms with E-state index in [-0.39, 0.29) is 16.0 Å². The number of benzene rings is 3. The Morgan fingerprint density at radius 1 is 0.933 bits per heavy atom. The number of hydrogen-bond acceptors (Lipinski definition) is 5. The van der Waals surface area contributed by atoms with Crippen molar-refractivity contribution in [3.05, 3.63) is 83.9 Å². The molecule has 3 aromatic rings. The zero-order chi connectivity index (χ0) is 21.5. The lowest BCUT2D eigenvalue weighted by Crippen LogP contribution is -2.51. The van der Waals surface area contributed by atoms with Gasteiger partial charge in [-0.3, -0.25) is 9.59 Å². The summed E-state index contributed by atoms with van der Waals surface area (Å²) >= 11 is 0. The number of para-hydroxylation sites is 1. The van der Waals surface area contributed by atoms with Gasteiger partial charge in [-0.1, -0.05) is 48.5 Å². The molecule has 0 saturated heterocycles. The van der Waals surface area contributed by atoms with Gasteiger partial charge in [0.15, 0.2) is 17.6 Å². The number of methoxy groups -OCH3 is 1. The summed E-state index contributed by atoms with van der Waals surface area (Å²) in [5.41, 5.74) is 1.80. The van der Waals surface area contributed by atoms with Crippen LogP contribution in [0.2, 0.25) is 0 Å². The fourth-order valence-corrected chi connectivity index (χ4v) is 5.14. The molecule has 7 heteroatoms. The topological polar surface area (TPSA) is 80.8 Å². The van der Waals surface area contributed by atoms with Crippen LogP contribution < -0.4 is 4.74 Å². The number of nitrogens with zero attached hydrogens (tertiary/aromatic N) is 1. The van der Waals surface area contributed by atoms with E-state index in [2.05, 4.69) is 0 Å². The first kappa shape index (κ1) is 20.0. The van der Waals surface area contributed by atoms with E-state index in [1.54, 1.807) is 37.4 Å². The molecule has 1 atom stereocenters. The second-order valence-corrected chi connectivity index (χ2v) is 8.90. The molecule has 0 amide bonds. The quantitative estimate of drug-likeness (QED) is 0.476. The Morgan fingerprint density at radius 3 is 2.33 bits per heavy atom. The molecule has 152 valence electrons. The van der Waals surface area contributed by atoms with Crippen LogP contribution in [0.5, 0.6) is 5.75 Å². The predicted molar refractivity (Wildman–Crippen MR) is 112 cm³/mol. The van der Waals surface area contributed by atoms with Crippen LogP contribution in [0.25, 0.3) is 11.1 Å². The van der Waals surface area contributed by atoms with E-state index in [1.807, 2.05) is 30.3 Å². The highest BCUT2D eigenvalue weighted by atomic mass is 32.2. The molecule has 30 heavy (non-hydrogen) atoms. The highest BCUT2D eigenvalue weighted by molar-refractivity contribution is 7.89. The Bertz CT molecular complexity index is 1270. The molecule has 3 aromatic carbocycles. The lowest BCUT2D eigenvalue weighted by molar-refractivity contribution is 0.0784. The third-order valence-electron chi connectivity index (χ3n) is 5.23. The summed E-state index contributed by atoms with van der Waals surface area (Å²) in [5.74, 6) is -0.461. The van der Waals surface area contributed by atoms with Crippen LogP contribution in [0.4, 0.5) is 0 Å². The van der Waals surface area contributed by atoms with Crippen LogP contribution in [-0.4, -0.2) is 44.5 Å². The van der Waals surface area contributed by atoms with Crippen molar-refractivity contribution in [1.29, 1.82) is 0 Å².